The number of hydrogen-bond acceptors (Lipinski definition) is 2. The number of amides is 1. The van der Waals surface area contributed by atoms with Crippen LogP contribution in [0.3, 0.4) is 0 Å². The molecule has 118 valence electrons. The van der Waals surface area contributed by atoms with Gasteiger partial charge in [0, 0.05) is 37.7 Å². The molecule has 1 N–H and O–H groups in total. The fourth-order valence-electron chi connectivity index (χ4n) is 2.88. The molecule has 0 spiro atoms. The van der Waals surface area contributed by atoms with Gasteiger partial charge in [0.1, 0.15) is 5.82 Å². The minimum absolute atomic E-state index is 0. The molecular weight excluding hydrogens is 286 g/mol. The van der Waals surface area contributed by atoms with E-state index in [9.17, 15) is 4.79 Å². The Balaban J connectivity index is 0.00000169. The fourth-order valence-corrected chi connectivity index (χ4v) is 2.88. The Labute approximate surface area is 136 Å². The van der Waals surface area contributed by atoms with Gasteiger partial charge in [0.15, 0.2) is 0 Å². The van der Waals surface area contributed by atoms with E-state index in [0.717, 1.165) is 35.0 Å². The van der Waals surface area contributed by atoms with Gasteiger partial charge in [-0.2, -0.15) is 0 Å². The molecule has 1 amide bonds. The van der Waals surface area contributed by atoms with Crippen molar-refractivity contribution in [3.8, 4) is 11.3 Å². The highest BCUT2D eigenvalue weighted by Gasteiger charge is 2.32. The van der Waals surface area contributed by atoms with E-state index < -0.39 is 0 Å². The van der Waals surface area contributed by atoms with Gasteiger partial charge < -0.3 is 4.98 Å². The lowest BCUT2D eigenvalue weighted by atomic mass is 10.1. The molecule has 1 aliphatic carbocycles. The Bertz CT molecular complexity index is 899. The minimum Gasteiger partial charge on any atom is -0.354 e. The van der Waals surface area contributed by atoms with Gasteiger partial charge in [0.25, 0.3) is 0 Å². The molecule has 1 fully saturated rings. The quantitative estimate of drug-likeness (QED) is 0.790. The molecule has 0 unspecified atom stereocenters. The molecule has 0 aliphatic heterocycles. The summed E-state index contributed by atoms with van der Waals surface area (Å²) in [7, 11) is 1.80. The van der Waals surface area contributed by atoms with Crippen LogP contribution in [0.5, 0.6) is 0 Å². The number of aromatic amines is 1. The summed E-state index contributed by atoms with van der Waals surface area (Å²) < 4.78 is 0. The average Bonchev–Trinajstić information content (AvgIpc) is 3.31. The molecule has 0 saturated heterocycles. The lowest BCUT2D eigenvalue weighted by Crippen LogP contribution is -2.28. The Morgan fingerprint density at radius 3 is 2.87 bits per heavy atom. The van der Waals surface area contributed by atoms with Crippen molar-refractivity contribution in [1.82, 2.24) is 9.97 Å². The van der Waals surface area contributed by atoms with Crippen molar-refractivity contribution in [3.05, 3.63) is 48.2 Å². The van der Waals surface area contributed by atoms with Crippen LogP contribution in [-0.4, -0.2) is 22.9 Å². The highest BCUT2D eigenvalue weighted by atomic mass is 16.2. The van der Waals surface area contributed by atoms with Crippen LogP contribution in [-0.2, 0) is 4.79 Å². The Morgan fingerprint density at radius 1 is 1.30 bits per heavy atom. The Morgan fingerprint density at radius 2 is 2.13 bits per heavy atom. The monoisotopic (exact) mass is 307 g/mol. The molecule has 3 aromatic rings. The number of carbonyl (C=O) groups is 1. The van der Waals surface area contributed by atoms with Gasteiger partial charge in [-0.25, -0.2) is 4.98 Å². The number of pyridine rings is 1. The second-order valence-electron chi connectivity index (χ2n) is 6.35. The number of anilines is 1. The van der Waals surface area contributed by atoms with Crippen LogP contribution < -0.4 is 4.90 Å². The number of aromatic nitrogens is 2. The third-order valence-corrected chi connectivity index (χ3v) is 4.42. The fraction of sp³-hybridized carbons (Fsp3) is 0.263. The smallest absolute Gasteiger partial charge is 0.230 e. The highest BCUT2D eigenvalue weighted by Crippen LogP contribution is 2.32. The largest absolute Gasteiger partial charge is 0.354 e. The molecule has 0 radical (unpaired) electrons. The van der Waals surface area contributed by atoms with Crippen LogP contribution >= 0.6 is 0 Å². The number of nitrogens with one attached hydrogen (secondary N) is 1. The number of fused-ring (bicyclic) bond motifs is 1. The van der Waals surface area contributed by atoms with Gasteiger partial charge in [-0.3, -0.25) is 9.69 Å². The SMILES string of the molecule is Cc1cccc(-c2cc3cnc(N(C)C(=O)C4CC4)cc3[nH]2)c1.[HH]. The molecule has 1 aromatic carbocycles. The zero-order valence-electron chi connectivity index (χ0n) is 13.3. The first-order valence-electron chi connectivity index (χ1n) is 7.95. The van der Waals surface area contributed by atoms with Crippen molar-refractivity contribution < 1.29 is 6.22 Å². The molecule has 4 rings (SSSR count). The van der Waals surface area contributed by atoms with E-state index >= 15 is 0 Å². The predicted octanol–water partition coefficient (Wildman–Crippen LogP) is 4.16. The van der Waals surface area contributed by atoms with Gasteiger partial charge in [-0.1, -0.05) is 23.8 Å². The highest BCUT2D eigenvalue weighted by molar-refractivity contribution is 5.97. The summed E-state index contributed by atoms with van der Waals surface area (Å²) in [6, 6.07) is 12.4. The maximum absolute atomic E-state index is 12.2. The first-order valence-corrected chi connectivity index (χ1v) is 7.95. The molecule has 0 atom stereocenters. The summed E-state index contributed by atoms with van der Waals surface area (Å²) >= 11 is 0. The van der Waals surface area contributed by atoms with Gasteiger partial charge in [-0.15, -0.1) is 0 Å². The molecule has 0 bridgehead atoms. The van der Waals surface area contributed by atoms with Gasteiger partial charge in [-0.05, 0) is 37.5 Å². The topological polar surface area (TPSA) is 49.0 Å². The number of aryl methyl sites for hydroxylation is 1. The molecular formula is C19H21N3O. The maximum Gasteiger partial charge on any atom is 0.230 e. The van der Waals surface area contributed by atoms with E-state index in [1.165, 1.54) is 5.56 Å². The third-order valence-electron chi connectivity index (χ3n) is 4.42. The van der Waals surface area contributed by atoms with Gasteiger partial charge in [0.2, 0.25) is 5.91 Å². The van der Waals surface area contributed by atoms with Crippen molar-refractivity contribution >= 4 is 22.6 Å². The molecule has 2 heterocycles. The number of rotatable bonds is 3. The van der Waals surface area contributed by atoms with Crippen LogP contribution in [0.15, 0.2) is 42.6 Å². The van der Waals surface area contributed by atoms with E-state index in [1.807, 2.05) is 12.3 Å². The van der Waals surface area contributed by atoms with Crippen molar-refractivity contribution in [3.63, 3.8) is 0 Å². The number of nitrogens with zero attached hydrogens (tertiary/aromatic N) is 2. The third kappa shape index (κ3) is 2.61. The minimum atomic E-state index is 0. The number of H-pyrrole nitrogens is 1. The number of benzene rings is 1. The van der Waals surface area contributed by atoms with Crippen LogP contribution in [0.4, 0.5) is 5.82 Å². The predicted molar refractivity (Wildman–Crippen MR) is 94.5 cm³/mol. The van der Waals surface area contributed by atoms with Crippen LogP contribution in [0.1, 0.15) is 19.8 Å². The second-order valence-corrected chi connectivity index (χ2v) is 6.35. The lowest BCUT2D eigenvalue weighted by Gasteiger charge is -2.15. The maximum atomic E-state index is 12.2. The molecule has 23 heavy (non-hydrogen) atoms. The zero-order valence-corrected chi connectivity index (χ0v) is 13.3. The van der Waals surface area contributed by atoms with Crippen LogP contribution in [0.2, 0.25) is 0 Å². The molecule has 1 saturated carbocycles. The summed E-state index contributed by atoms with van der Waals surface area (Å²) in [5.41, 5.74) is 4.46. The van der Waals surface area contributed by atoms with E-state index in [-0.39, 0.29) is 13.3 Å². The summed E-state index contributed by atoms with van der Waals surface area (Å²) in [5.74, 6) is 1.07. The molecule has 4 heteroatoms. The van der Waals surface area contributed by atoms with Crippen LogP contribution in [0.25, 0.3) is 22.2 Å². The van der Waals surface area contributed by atoms with Crippen molar-refractivity contribution in [1.29, 1.82) is 0 Å². The average molecular weight is 307 g/mol. The normalized spacial score (nSPS) is 14.2. The van der Waals surface area contributed by atoms with Crippen molar-refractivity contribution in [2.24, 2.45) is 5.92 Å². The zero-order chi connectivity index (χ0) is 16.0. The summed E-state index contributed by atoms with van der Waals surface area (Å²) in [6.45, 7) is 2.09. The first kappa shape index (κ1) is 14.0. The first-order chi connectivity index (χ1) is 11.1. The second kappa shape index (κ2) is 5.23. The summed E-state index contributed by atoms with van der Waals surface area (Å²) in [6.07, 6.45) is 3.84. The van der Waals surface area contributed by atoms with Crippen LogP contribution in [0, 0.1) is 12.8 Å². The van der Waals surface area contributed by atoms with Crippen molar-refractivity contribution in [2.45, 2.75) is 19.8 Å². The van der Waals surface area contributed by atoms with E-state index in [2.05, 4.69) is 47.2 Å². The molecule has 2 aromatic heterocycles. The van der Waals surface area contributed by atoms with Gasteiger partial charge >= 0.3 is 0 Å². The molecule has 4 nitrogen and oxygen atoms in total. The summed E-state index contributed by atoms with van der Waals surface area (Å²) in [4.78, 5) is 21.7. The Hall–Kier alpha value is -2.62. The van der Waals surface area contributed by atoms with Gasteiger partial charge in [0.05, 0.1) is 5.52 Å². The van der Waals surface area contributed by atoms with E-state index in [1.54, 1.807) is 11.9 Å². The number of hydrogen-bond donors (Lipinski definition) is 1. The summed E-state index contributed by atoms with van der Waals surface area (Å²) in [5, 5.41) is 1.05. The lowest BCUT2D eigenvalue weighted by molar-refractivity contribution is -0.119. The van der Waals surface area contributed by atoms with Crippen molar-refractivity contribution in [2.75, 3.05) is 11.9 Å². The molecule has 1 aliphatic rings. The van der Waals surface area contributed by atoms with E-state index in [4.69, 9.17) is 0 Å². The standard InChI is InChI=1S/C19H19N3O.H2/c1-12-4-3-5-14(8-12)16-9-15-11-20-18(10-17(15)21-16)22(2)19(23)13-6-7-13;/h3-5,8-11,13,21H,6-7H2,1-2H3;1H. The van der Waals surface area contributed by atoms with E-state index in [0.29, 0.717) is 5.82 Å². The number of carbonyl (C=O) groups excluding carboxylic acids is 1. The Kier molecular flexibility index (Phi) is 3.18.